The van der Waals surface area contributed by atoms with Gasteiger partial charge in [0.15, 0.2) is 23.0 Å². The van der Waals surface area contributed by atoms with Crippen LogP contribution in [0.1, 0.15) is 49.9 Å². The van der Waals surface area contributed by atoms with E-state index in [2.05, 4.69) is 184 Å². The topological polar surface area (TPSA) is 40.2 Å². The van der Waals surface area contributed by atoms with Gasteiger partial charge in [0.2, 0.25) is 0 Å². The van der Waals surface area contributed by atoms with Gasteiger partial charge >= 0.3 is 0 Å². The van der Waals surface area contributed by atoms with Crippen LogP contribution in [-0.4, -0.2) is 0 Å². The van der Waals surface area contributed by atoms with Gasteiger partial charge in [-0.1, -0.05) is 161 Å². The SMILES string of the molecule is CC1(C)c2ccccc2Oc2c(-c3ccc(N(c4ccc(-c5cccc6c5Oc5ccccc5O6)cc4)c4ccc(-c5cccc6c5Oc5ccccc5C6(C)C)cc4)cc3)cccc21. The van der Waals surface area contributed by atoms with Crippen LogP contribution >= 0.6 is 0 Å². The minimum Gasteiger partial charge on any atom is -0.456 e. The molecule has 0 bridgehead atoms. The minimum atomic E-state index is -0.205. The third kappa shape index (κ3) is 6.29. The molecule has 0 fully saturated rings. The summed E-state index contributed by atoms with van der Waals surface area (Å²) in [7, 11) is 0. The Morgan fingerprint density at radius 3 is 1.05 bits per heavy atom. The van der Waals surface area contributed by atoms with Crippen molar-refractivity contribution in [1.29, 1.82) is 0 Å². The van der Waals surface area contributed by atoms with E-state index in [-0.39, 0.29) is 10.8 Å². The lowest BCUT2D eigenvalue weighted by Gasteiger charge is -2.35. The number of anilines is 3. The van der Waals surface area contributed by atoms with E-state index in [0.717, 1.165) is 73.4 Å². The van der Waals surface area contributed by atoms with Crippen LogP contribution in [0.2, 0.25) is 0 Å². The number of ether oxygens (including phenoxy) is 4. The summed E-state index contributed by atoms with van der Waals surface area (Å²) in [6.07, 6.45) is 0. The first-order chi connectivity index (χ1) is 31.7. The standard InChI is InChI=1S/C60H45NO4/c1-59(2)47-17-5-7-21-51(47)63-56-44(14-11-19-49(56)59)38-26-32-41(33-27-38)61(43-36-30-40(31-37-43)46-16-13-25-55-58(46)65-54-24-10-9-23-53(54)62-55)42-34-28-39(29-35-42)45-15-12-20-50-57(45)64-52-22-8-6-18-48(52)60(50,3)4/h5-37H,1-4H3. The van der Waals surface area contributed by atoms with E-state index in [1.807, 2.05) is 48.5 Å². The molecule has 0 radical (unpaired) electrons. The van der Waals surface area contributed by atoms with E-state index in [1.54, 1.807) is 0 Å². The quantitative estimate of drug-likeness (QED) is 0.167. The molecule has 0 aromatic heterocycles. The Kier molecular flexibility index (Phi) is 8.79. The van der Waals surface area contributed by atoms with Gasteiger partial charge in [-0.25, -0.2) is 0 Å². The van der Waals surface area contributed by atoms with Crippen LogP contribution in [-0.2, 0) is 10.8 Å². The zero-order valence-electron chi connectivity index (χ0n) is 36.6. The van der Waals surface area contributed by atoms with Crippen molar-refractivity contribution in [1.82, 2.24) is 0 Å². The largest absolute Gasteiger partial charge is 0.456 e. The van der Waals surface area contributed by atoms with Crippen molar-refractivity contribution in [3.8, 4) is 79.4 Å². The van der Waals surface area contributed by atoms with Crippen LogP contribution in [0.5, 0.6) is 46.0 Å². The molecule has 0 aliphatic carbocycles. The Labute approximate surface area is 379 Å². The maximum absolute atomic E-state index is 6.69. The molecule has 9 aromatic carbocycles. The molecular weight excluding hydrogens is 799 g/mol. The molecule has 0 atom stereocenters. The van der Waals surface area contributed by atoms with Gasteiger partial charge in [-0.3, -0.25) is 0 Å². The summed E-state index contributed by atoms with van der Waals surface area (Å²) in [5, 5.41) is 0. The Hall–Kier alpha value is -8.02. The lowest BCUT2D eigenvalue weighted by molar-refractivity contribution is 0.361. The molecule has 0 N–H and O–H groups in total. The highest BCUT2D eigenvalue weighted by molar-refractivity contribution is 5.85. The predicted molar refractivity (Wildman–Crippen MR) is 261 cm³/mol. The smallest absolute Gasteiger partial charge is 0.177 e. The summed E-state index contributed by atoms with van der Waals surface area (Å²) in [6.45, 7) is 9.11. The summed E-state index contributed by atoms with van der Waals surface area (Å²) in [5.74, 6) is 6.45. The zero-order valence-corrected chi connectivity index (χ0v) is 36.6. The number of fused-ring (bicyclic) bond motifs is 6. The van der Waals surface area contributed by atoms with Crippen LogP contribution < -0.4 is 23.8 Å². The van der Waals surface area contributed by atoms with Crippen molar-refractivity contribution in [2.45, 2.75) is 38.5 Å². The summed E-state index contributed by atoms with van der Waals surface area (Å²) < 4.78 is 26.1. The van der Waals surface area contributed by atoms with Crippen LogP contribution in [0.25, 0.3) is 33.4 Å². The van der Waals surface area contributed by atoms with Crippen molar-refractivity contribution < 1.29 is 18.9 Å². The van der Waals surface area contributed by atoms with Gasteiger partial charge in [-0.05, 0) is 83.4 Å². The fraction of sp³-hybridized carbons (Fsp3) is 0.100. The Bertz CT molecular complexity index is 3160. The summed E-state index contributed by atoms with van der Waals surface area (Å²) >= 11 is 0. The van der Waals surface area contributed by atoms with Crippen molar-refractivity contribution in [3.63, 3.8) is 0 Å². The number of rotatable bonds is 6. The van der Waals surface area contributed by atoms with E-state index < -0.39 is 0 Å². The average Bonchev–Trinajstić information content (AvgIpc) is 3.34. The molecule has 314 valence electrons. The molecule has 0 saturated heterocycles. The number of nitrogens with zero attached hydrogens (tertiary/aromatic N) is 1. The molecule has 5 nitrogen and oxygen atoms in total. The van der Waals surface area contributed by atoms with E-state index in [9.17, 15) is 0 Å². The monoisotopic (exact) mass is 843 g/mol. The maximum Gasteiger partial charge on any atom is 0.177 e. The number of benzene rings is 9. The molecular formula is C60H45NO4. The first kappa shape index (κ1) is 38.6. The molecule has 3 heterocycles. The van der Waals surface area contributed by atoms with Crippen molar-refractivity contribution in [3.05, 3.63) is 222 Å². The molecule has 9 aromatic rings. The molecule has 0 amide bonds. The van der Waals surface area contributed by atoms with Gasteiger partial charge in [-0.2, -0.15) is 0 Å². The van der Waals surface area contributed by atoms with Gasteiger partial charge in [0, 0.05) is 66.8 Å². The molecule has 0 spiro atoms. The van der Waals surface area contributed by atoms with Crippen molar-refractivity contribution in [2.75, 3.05) is 4.90 Å². The highest BCUT2D eigenvalue weighted by atomic mass is 16.6. The van der Waals surface area contributed by atoms with Crippen molar-refractivity contribution in [2.24, 2.45) is 0 Å². The third-order valence-corrected chi connectivity index (χ3v) is 13.5. The normalized spacial score (nSPS) is 14.3. The molecule has 65 heavy (non-hydrogen) atoms. The van der Waals surface area contributed by atoms with Gasteiger partial charge < -0.3 is 23.8 Å². The predicted octanol–water partition coefficient (Wildman–Crippen LogP) is 16.9. The van der Waals surface area contributed by atoms with Gasteiger partial charge in [0.1, 0.15) is 23.0 Å². The molecule has 3 aliphatic rings. The first-order valence-corrected chi connectivity index (χ1v) is 22.2. The maximum atomic E-state index is 6.69. The Morgan fingerprint density at radius 1 is 0.277 bits per heavy atom. The zero-order chi connectivity index (χ0) is 43.9. The number of hydrogen-bond acceptors (Lipinski definition) is 5. The molecule has 0 saturated carbocycles. The highest BCUT2D eigenvalue weighted by Gasteiger charge is 2.37. The van der Waals surface area contributed by atoms with Crippen molar-refractivity contribution >= 4 is 17.1 Å². The third-order valence-electron chi connectivity index (χ3n) is 13.5. The number of hydrogen-bond donors (Lipinski definition) is 0. The van der Waals surface area contributed by atoms with Crippen LogP contribution in [0.15, 0.2) is 200 Å². The fourth-order valence-corrected chi connectivity index (χ4v) is 9.98. The average molecular weight is 844 g/mol. The van der Waals surface area contributed by atoms with Crippen LogP contribution in [0.3, 0.4) is 0 Å². The van der Waals surface area contributed by atoms with Gasteiger partial charge in [0.25, 0.3) is 0 Å². The van der Waals surface area contributed by atoms with E-state index in [1.165, 1.54) is 22.3 Å². The second-order valence-electron chi connectivity index (χ2n) is 18.1. The van der Waals surface area contributed by atoms with E-state index in [4.69, 9.17) is 18.9 Å². The highest BCUT2D eigenvalue weighted by Crippen LogP contribution is 2.54. The molecule has 5 heteroatoms. The van der Waals surface area contributed by atoms with Crippen LogP contribution in [0.4, 0.5) is 17.1 Å². The minimum absolute atomic E-state index is 0.205. The first-order valence-electron chi connectivity index (χ1n) is 22.2. The second-order valence-corrected chi connectivity index (χ2v) is 18.1. The molecule has 0 unspecified atom stereocenters. The molecule has 3 aliphatic heterocycles. The van der Waals surface area contributed by atoms with Gasteiger partial charge in [-0.15, -0.1) is 0 Å². The summed E-state index contributed by atoms with van der Waals surface area (Å²) in [4.78, 5) is 2.31. The Morgan fingerprint density at radius 2 is 0.600 bits per heavy atom. The Balaban J connectivity index is 0.927. The second kappa shape index (κ2) is 14.8. The fourth-order valence-electron chi connectivity index (χ4n) is 9.98. The lowest BCUT2D eigenvalue weighted by atomic mass is 9.75. The lowest BCUT2D eigenvalue weighted by Crippen LogP contribution is -2.24. The summed E-state index contributed by atoms with van der Waals surface area (Å²) in [6, 6.07) is 69.9. The van der Waals surface area contributed by atoms with E-state index >= 15 is 0 Å². The molecule has 12 rings (SSSR count). The van der Waals surface area contributed by atoms with E-state index in [0.29, 0.717) is 23.0 Å². The van der Waals surface area contributed by atoms with Crippen LogP contribution in [0, 0.1) is 0 Å². The summed E-state index contributed by atoms with van der Waals surface area (Å²) in [5.41, 5.74) is 13.7. The van der Waals surface area contributed by atoms with Gasteiger partial charge in [0.05, 0.1) is 0 Å². The number of para-hydroxylation sites is 7.